The highest BCUT2D eigenvalue weighted by Gasteiger charge is 2.24. The van der Waals surface area contributed by atoms with E-state index in [2.05, 4.69) is 23.9 Å². The highest BCUT2D eigenvalue weighted by molar-refractivity contribution is 7.87. The molecule has 0 heterocycles. The fraction of sp³-hybridized carbons (Fsp3) is 1.00. The van der Waals surface area contributed by atoms with E-state index < -0.39 is 10.2 Å². The molecule has 1 aliphatic carbocycles. The van der Waals surface area contributed by atoms with E-state index in [4.69, 9.17) is 0 Å². The minimum atomic E-state index is -3.35. The summed E-state index contributed by atoms with van der Waals surface area (Å²) in [7, 11) is -1.70. The Morgan fingerprint density at radius 1 is 1.25 bits per heavy atom. The summed E-state index contributed by atoms with van der Waals surface area (Å²) in [5.74, 6) is 0.398. The summed E-state index contributed by atoms with van der Waals surface area (Å²) in [6.45, 7) is 7.62. The van der Waals surface area contributed by atoms with Gasteiger partial charge >= 0.3 is 0 Å². The van der Waals surface area contributed by atoms with Crippen molar-refractivity contribution in [3.05, 3.63) is 0 Å². The Morgan fingerprint density at radius 3 is 2.35 bits per heavy atom. The minimum Gasteiger partial charge on any atom is -0.314 e. The van der Waals surface area contributed by atoms with Crippen LogP contribution in [0.4, 0.5) is 0 Å². The first kappa shape index (κ1) is 17.9. The quantitative estimate of drug-likeness (QED) is 0.571. The maximum absolute atomic E-state index is 12.2. The van der Waals surface area contributed by atoms with Crippen LogP contribution in [0.5, 0.6) is 0 Å². The van der Waals surface area contributed by atoms with Crippen molar-refractivity contribution >= 4 is 10.2 Å². The van der Waals surface area contributed by atoms with Crippen molar-refractivity contribution in [2.45, 2.75) is 65.0 Å². The van der Waals surface area contributed by atoms with Gasteiger partial charge < -0.3 is 5.32 Å². The van der Waals surface area contributed by atoms with Crippen LogP contribution < -0.4 is 10.0 Å². The molecule has 2 N–H and O–H groups in total. The van der Waals surface area contributed by atoms with Crippen LogP contribution in [0.2, 0.25) is 0 Å². The first-order valence-corrected chi connectivity index (χ1v) is 9.31. The summed E-state index contributed by atoms with van der Waals surface area (Å²) in [6.07, 6.45) is 5.38. The monoisotopic (exact) mass is 305 g/mol. The predicted molar refractivity (Wildman–Crippen MR) is 83.9 cm³/mol. The van der Waals surface area contributed by atoms with Gasteiger partial charge in [0.15, 0.2) is 0 Å². The zero-order chi connectivity index (χ0) is 15.2. The summed E-state index contributed by atoms with van der Waals surface area (Å²) in [4.78, 5) is 0. The molecule has 0 aliphatic heterocycles. The molecule has 0 saturated heterocycles. The van der Waals surface area contributed by atoms with Crippen LogP contribution in [0.1, 0.15) is 52.9 Å². The summed E-state index contributed by atoms with van der Waals surface area (Å²) in [6, 6.07) is 0.673. The van der Waals surface area contributed by atoms with Crippen molar-refractivity contribution in [2.75, 3.05) is 20.1 Å². The zero-order valence-electron chi connectivity index (χ0n) is 13.4. The van der Waals surface area contributed by atoms with Crippen LogP contribution in [-0.4, -0.2) is 44.9 Å². The third kappa shape index (κ3) is 6.08. The first-order chi connectivity index (χ1) is 9.40. The average Bonchev–Trinajstić information content (AvgIpc) is 3.19. The summed E-state index contributed by atoms with van der Waals surface area (Å²) in [5, 5.41) is 3.40. The van der Waals surface area contributed by atoms with E-state index in [0.717, 1.165) is 25.8 Å². The molecule has 0 aromatic rings. The number of nitrogens with one attached hydrogen (secondary N) is 2. The Labute approximate surface area is 124 Å². The van der Waals surface area contributed by atoms with Crippen LogP contribution >= 0.6 is 0 Å². The minimum absolute atomic E-state index is 0.0120. The molecule has 0 bridgehead atoms. The predicted octanol–water partition coefficient (Wildman–Crippen LogP) is 1.72. The lowest BCUT2D eigenvalue weighted by atomic mass is 9.96. The molecule has 1 fully saturated rings. The van der Waals surface area contributed by atoms with E-state index in [-0.39, 0.29) is 6.04 Å². The zero-order valence-corrected chi connectivity index (χ0v) is 14.2. The molecule has 0 spiro atoms. The van der Waals surface area contributed by atoms with Gasteiger partial charge in [-0.05, 0) is 38.6 Å². The molecule has 0 aromatic carbocycles. The Balaban J connectivity index is 2.32. The summed E-state index contributed by atoms with van der Waals surface area (Å²) < 4.78 is 28.7. The lowest BCUT2D eigenvalue weighted by Crippen LogP contribution is -2.45. The van der Waals surface area contributed by atoms with Crippen molar-refractivity contribution in [1.82, 2.24) is 14.3 Å². The van der Waals surface area contributed by atoms with Gasteiger partial charge in [0.25, 0.3) is 10.2 Å². The Bertz CT molecular complexity index is 365. The van der Waals surface area contributed by atoms with Crippen LogP contribution in [-0.2, 0) is 10.2 Å². The van der Waals surface area contributed by atoms with Crippen LogP contribution in [0.15, 0.2) is 0 Å². The molecular formula is C14H31N3O2S. The van der Waals surface area contributed by atoms with E-state index in [1.54, 1.807) is 7.05 Å². The second kappa shape index (κ2) is 8.32. The van der Waals surface area contributed by atoms with Crippen molar-refractivity contribution < 1.29 is 8.42 Å². The molecule has 6 heteroatoms. The number of rotatable bonds is 11. The van der Waals surface area contributed by atoms with Gasteiger partial charge in [0, 0.05) is 25.7 Å². The van der Waals surface area contributed by atoms with Gasteiger partial charge in [-0.1, -0.05) is 26.7 Å². The average molecular weight is 305 g/mol. The Morgan fingerprint density at radius 2 is 1.85 bits per heavy atom. The molecular weight excluding hydrogens is 274 g/mol. The topological polar surface area (TPSA) is 61.4 Å². The maximum Gasteiger partial charge on any atom is 0.279 e. The van der Waals surface area contributed by atoms with Gasteiger partial charge in [0.1, 0.15) is 0 Å². The van der Waals surface area contributed by atoms with E-state index in [1.165, 1.54) is 17.1 Å². The molecule has 5 nitrogen and oxygen atoms in total. The van der Waals surface area contributed by atoms with Crippen LogP contribution in [0.3, 0.4) is 0 Å². The lowest BCUT2D eigenvalue weighted by molar-refractivity contribution is 0.373. The fourth-order valence-corrected chi connectivity index (χ4v) is 3.64. The second-order valence-corrected chi connectivity index (χ2v) is 7.70. The lowest BCUT2D eigenvalue weighted by Gasteiger charge is -2.25. The van der Waals surface area contributed by atoms with Crippen molar-refractivity contribution in [2.24, 2.45) is 5.92 Å². The molecule has 1 aliphatic rings. The number of hydrogen-bond donors (Lipinski definition) is 2. The van der Waals surface area contributed by atoms with E-state index in [9.17, 15) is 8.42 Å². The molecule has 120 valence electrons. The highest BCUT2D eigenvalue weighted by atomic mass is 32.2. The molecule has 0 radical (unpaired) electrons. The molecule has 0 aromatic heterocycles. The maximum atomic E-state index is 12.2. The second-order valence-electron chi connectivity index (χ2n) is 5.89. The SMILES string of the molecule is CCC(CC)C(C)NS(=O)(=O)N(C)CCCNC1CC1. The van der Waals surface area contributed by atoms with Gasteiger partial charge in [-0.3, -0.25) is 0 Å². The molecule has 1 atom stereocenters. The van der Waals surface area contributed by atoms with E-state index >= 15 is 0 Å². The summed E-state index contributed by atoms with van der Waals surface area (Å²) in [5.41, 5.74) is 0. The van der Waals surface area contributed by atoms with Crippen LogP contribution in [0.25, 0.3) is 0 Å². The van der Waals surface area contributed by atoms with Gasteiger partial charge in [-0.15, -0.1) is 0 Å². The van der Waals surface area contributed by atoms with Crippen molar-refractivity contribution in [3.8, 4) is 0 Å². The third-order valence-corrected chi connectivity index (χ3v) is 5.83. The van der Waals surface area contributed by atoms with Gasteiger partial charge in [-0.2, -0.15) is 17.4 Å². The normalized spacial score (nSPS) is 17.9. The van der Waals surface area contributed by atoms with Crippen LogP contribution in [0, 0.1) is 5.92 Å². The smallest absolute Gasteiger partial charge is 0.279 e. The first-order valence-electron chi connectivity index (χ1n) is 7.87. The van der Waals surface area contributed by atoms with E-state index in [1.807, 2.05) is 6.92 Å². The molecule has 20 heavy (non-hydrogen) atoms. The van der Waals surface area contributed by atoms with Crippen molar-refractivity contribution in [1.29, 1.82) is 0 Å². The molecule has 0 amide bonds. The molecule has 1 unspecified atom stereocenters. The number of nitrogens with zero attached hydrogens (tertiary/aromatic N) is 1. The number of hydrogen-bond acceptors (Lipinski definition) is 3. The molecule has 1 saturated carbocycles. The van der Waals surface area contributed by atoms with E-state index in [0.29, 0.717) is 18.5 Å². The Kier molecular flexibility index (Phi) is 7.43. The third-order valence-electron chi connectivity index (χ3n) is 4.16. The fourth-order valence-electron chi connectivity index (χ4n) is 2.43. The van der Waals surface area contributed by atoms with Crippen molar-refractivity contribution in [3.63, 3.8) is 0 Å². The summed E-state index contributed by atoms with van der Waals surface area (Å²) >= 11 is 0. The highest BCUT2D eigenvalue weighted by Crippen LogP contribution is 2.18. The van der Waals surface area contributed by atoms with Gasteiger partial charge in [-0.25, -0.2) is 0 Å². The largest absolute Gasteiger partial charge is 0.314 e. The van der Waals surface area contributed by atoms with Gasteiger partial charge in [0.2, 0.25) is 0 Å². The standard InChI is InChI=1S/C14H31N3O2S/c1-5-13(6-2)12(3)16-20(18,19)17(4)11-7-10-15-14-8-9-14/h12-16H,5-11H2,1-4H3. The molecule has 1 rings (SSSR count). The van der Waals surface area contributed by atoms with Gasteiger partial charge in [0.05, 0.1) is 0 Å². The Hall–Kier alpha value is -0.170.